The summed E-state index contributed by atoms with van der Waals surface area (Å²) in [6.45, 7) is 7.27. The van der Waals surface area contributed by atoms with Crippen LogP contribution in [0, 0.1) is 0 Å². The Labute approximate surface area is 115 Å². The summed E-state index contributed by atoms with van der Waals surface area (Å²) in [7, 11) is 0. The molecular formula is C15H23NO3. The number of carbonyl (C=O) groups excluding carboxylic acids is 1. The Hall–Kier alpha value is -1.55. The normalized spacial score (nSPS) is 10.5. The van der Waals surface area contributed by atoms with E-state index in [1.54, 1.807) is 6.92 Å². The van der Waals surface area contributed by atoms with Gasteiger partial charge in [0.15, 0.2) is 0 Å². The van der Waals surface area contributed by atoms with Crippen molar-refractivity contribution in [2.45, 2.75) is 33.3 Å². The number of benzene rings is 1. The molecule has 0 saturated heterocycles. The van der Waals surface area contributed by atoms with Crippen LogP contribution in [0.3, 0.4) is 0 Å². The zero-order valence-electron chi connectivity index (χ0n) is 11.9. The van der Waals surface area contributed by atoms with Crippen LogP contribution in [-0.4, -0.2) is 31.8 Å². The fraction of sp³-hybridized carbons (Fsp3) is 0.533. The Morgan fingerprint density at radius 2 is 1.95 bits per heavy atom. The number of rotatable bonds is 8. The van der Waals surface area contributed by atoms with E-state index in [-0.39, 0.29) is 18.6 Å². The molecule has 1 rings (SSSR count). The molecule has 0 radical (unpaired) electrons. The van der Waals surface area contributed by atoms with E-state index in [0.717, 1.165) is 18.7 Å². The first kappa shape index (κ1) is 15.5. The first-order valence-corrected chi connectivity index (χ1v) is 6.73. The van der Waals surface area contributed by atoms with E-state index in [2.05, 4.69) is 5.32 Å². The van der Waals surface area contributed by atoms with Gasteiger partial charge in [-0.3, -0.25) is 4.79 Å². The minimum Gasteiger partial charge on any atom is -0.491 e. The van der Waals surface area contributed by atoms with Gasteiger partial charge in [-0.2, -0.15) is 0 Å². The minimum atomic E-state index is -0.205. The second kappa shape index (κ2) is 8.53. The van der Waals surface area contributed by atoms with E-state index in [1.165, 1.54) is 5.56 Å². The molecule has 0 spiro atoms. The standard InChI is InChI=1S/C15H23NO3/c1-4-18-15(17)11-16-10-9-13-5-7-14(8-6-13)19-12(2)3/h5-8,12,16H,4,9-11H2,1-3H3. The smallest absolute Gasteiger partial charge is 0.319 e. The van der Waals surface area contributed by atoms with Crippen LogP contribution < -0.4 is 10.1 Å². The molecule has 4 heteroatoms. The van der Waals surface area contributed by atoms with Crippen molar-refractivity contribution in [2.24, 2.45) is 0 Å². The third-order valence-electron chi connectivity index (χ3n) is 2.46. The average molecular weight is 265 g/mol. The van der Waals surface area contributed by atoms with Crippen LogP contribution in [0.1, 0.15) is 26.3 Å². The Balaban J connectivity index is 2.24. The SMILES string of the molecule is CCOC(=O)CNCCc1ccc(OC(C)C)cc1. The summed E-state index contributed by atoms with van der Waals surface area (Å²) in [6.07, 6.45) is 1.07. The number of nitrogens with one attached hydrogen (secondary N) is 1. The second-order valence-corrected chi connectivity index (χ2v) is 4.54. The van der Waals surface area contributed by atoms with Crippen molar-refractivity contribution in [3.8, 4) is 5.75 Å². The van der Waals surface area contributed by atoms with Gasteiger partial charge in [-0.1, -0.05) is 12.1 Å². The van der Waals surface area contributed by atoms with E-state index in [1.807, 2.05) is 38.1 Å². The van der Waals surface area contributed by atoms with Gasteiger partial charge in [-0.25, -0.2) is 0 Å². The van der Waals surface area contributed by atoms with Crippen LogP contribution in [-0.2, 0) is 16.0 Å². The maximum Gasteiger partial charge on any atom is 0.319 e. The van der Waals surface area contributed by atoms with E-state index in [0.29, 0.717) is 6.61 Å². The van der Waals surface area contributed by atoms with Crippen LogP contribution in [0.4, 0.5) is 0 Å². The first-order valence-electron chi connectivity index (χ1n) is 6.73. The molecule has 1 aromatic carbocycles. The zero-order valence-corrected chi connectivity index (χ0v) is 11.9. The van der Waals surface area contributed by atoms with Gasteiger partial charge in [0.25, 0.3) is 0 Å². The summed E-state index contributed by atoms with van der Waals surface area (Å²) in [6, 6.07) is 8.04. The van der Waals surface area contributed by atoms with Gasteiger partial charge in [-0.15, -0.1) is 0 Å². The molecule has 0 aliphatic carbocycles. The summed E-state index contributed by atoms with van der Waals surface area (Å²) in [4.78, 5) is 11.1. The fourth-order valence-electron chi connectivity index (χ4n) is 1.64. The molecule has 1 N–H and O–H groups in total. The van der Waals surface area contributed by atoms with Gasteiger partial charge in [0.05, 0.1) is 19.3 Å². The highest BCUT2D eigenvalue weighted by Gasteiger charge is 2.01. The highest BCUT2D eigenvalue weighted by Crippen LogP contribution is 2.13. The third-order valence-corrected chi connectivity index (χ3v) is 2.46. The lowest BCUT2D eigenvalue weighted by molar-refractivity contribution is -0.141. The molecule has 4 nitrogen and oxygen atoms in total. The minimum absolute atomic E-state index is 0.192. The van der Waals surface area contributed by atoms with Crippen molar-refractivity contribution in [3.63, 3.8) is 0 Å². The summed E-state index contributed by atoms with van der Waals surface area (Å²) in [5, 5.41) is 3.06. The Kier molecular flexibility index (Phi) is 6.97. The molecule has 0 amide bonds. The molecule has 0 bridgehead atoms. The summed E-state index contributed by atoms with van der Waals surface area (Å²) < 4.78 is 10.4. The second-order valence-electron chi connectivity index (χ2n) is 4.54. The molecule has 0 aromatic heterocycles. The lowest BCUT2D eigenvalue weighted by Gasteiger charge is -2.10. The summed E-state index contributed by atoms with van der Waals surface area (Å²) in [5.41, 5.74) is 1.22. The first-order chi connectivity index (χ1) is 9.11. The van der Waals surface area contributed by atoms with Crippen LogP contribution in [0.15, 0.2) is 24.3 Å². The quantitative estimate of drug-likeness (QED) is 0.578. The van der Waals surface area contributed by atoms with Crippen molar-refractivity contribution in [2.75, 3.05) is 19.7 Å². The highest BCUT2D eigenvalue weighted by atomic mass is 16.5. The lowest BCUT2D eigenvalue weighted by Crippen LogP contribution is -2.26. The van der Waals surface area contributed by atoms with Gasteiger partial charge in [0.2, 0.25) is 0 Å². The Morgan fingerprint density at radius 1 is 1.26 bits per heavy atom. The van der Waals surface area contributed by atoms with Crippen molar-refractivity contribution in [3.05, 3.63) is 29.8 Å². The van der Waals surface area contributed by atoms with Crippen molar-refractivity contribution in [1.82, 2.24) is 5.32 Å². The number of ether oxygens (including phenoxy) is 2. The summed E-state index contributed by atoms with van der Waals surface area (Å²) in [5.74, 6) is 0.682. The Morgan fingerprint density at radius 3 is 2.53 bits per heavy atom. The van der Waals surface area contributed by atoms with E-state index in [9.17, 15) is 4.79 Å². The van der Waals surface area contributed by atoms with Gasteiger partial charge >= 0.3 is 5.97 Å². The van der Waals surface area contributed by atoms with Crippen molar-refractivity contribution >= 4 is 5.97 Å². The molecule has 0 heterocycles. The molecule has 0 atom stereocenters. The topological polar surface area (TPSA) is 47.6 Å². The van der Waals surface area contributed by atoms with E-state index < -0.39 is 0 Å². The highest BCUT2D eigenvalue weighted by molar-refractivity contribution is 5.71. The van der Waals surface area contributed by atoms with Crippen LogP contribution in [0.25, 0.3) is 0 Å². The average Bonchev–Trinajstić information content (AvgIpc) is 2.36. The molecule has 106 valence electrons. The van der Waals surface area contributed by atoms with Crippen LogP contribution >= 0.6 is 0 Å². The fourth-order valence-corrected chi connectivity index (χ4v) is 1.64. The molecule has 1 aromatic rings. The predicted molar refractivity (Wildman–Crippen MR) is 75.4 cm³/mol. The van der Waals surface area contributed by atoms with Crippen LogP contribution in [0.5, 0.6) is 5.75 Å². The number of hydrogen-bond acceptors (Lipinski definition) is 4. The predicted octanol–water partition coefficient (Wildman–Crippen LogP) is 2.17. The van der Waals surface area contributed by atoms with Gasteiger partial charge in [-0.05, 0) is 51.4 Å². The van der Waals surface area contributed by atoms with Crippen molar-refractivity contribution in [1.29, 1.82) is 0 Å². The molecule has 0 aliphatic heterocycles. The largest absolute Gasteiger partial charge is 0.491 e. The third kappa shape index (κ3) is 6.82. The molecule has 0 aliphatic rings. The molecule has 0 fully saturated rings. The van der Waals surface area contributed by atoms with Gasteiger partial charge in [0.1, 0.15) is 5.75 Å². The maximum absolute atomic E-state index is 11.1. The van der Waals surface area contributed by atoms with Crippen LogP contribution in [0.2, 0.25) is 0 Å². The molecular weight excluding hydrogens is 242 g/mol. The number of hydrogen-bond donors (Lipinski definition) is 1. The van der Waals surface area contributed by atoms with E-state index in [4.69, 9.17) is 9.47 Å². The lowest BCUT2D eigenvalue weighted by atomic mass is 10.1. The molecule has 19 heavy (non-hydrogen) atoms. The Bertz CT molecular complexity index is 373. The van der Waals surface area contributed by atoms with E-state index >= 15 is 0 Å². The van der Waals surface area contributed by atoms with Crippen molar-refractivity contribution < 1.29 is 14.3 Å². The monoisotopic (exact) mass is 265 g/mol. The zero-order chi connectivity index (χ0) is 14.1. The van der Waals surface area contributed by atoms with Gasteiger partial charge in [0, 0.05) is 0 Å². The number of carbonyl (C=O) groups is 1. The molecule has 0 saturated carbocycles. The maximum atomic E-state index is 11.1. The number of esters is 1. The summed E-state index contributed by atoms with van der Waals surface area (Å²) >= 11 is 0. The molecule has 0 unspecified atom stereocenters. The van der Waals surface area contributed by atoms with Gasteiger partial charge < -0.3 is 14.8 Å².